The zero-order valence-corrected chi connectivity index (χ0v) is 12.0. The summed E-state index contributed by atoms with van der Waals surface area (Å²) in [6.45, 7) is 2.33. The van der Waals surface area contributed by atoms with E-state index >= 15 is 0 Å². The molecule has 0 amide bonds. The van der Waals surface area contributed by atoms with Crippen molar-refractivity contribution in [3.05, 3.63) is 76.2 Å². The second kappa shape index (κ2) is 5.77. The third kappa shape index (κ3) is 2.71. The van der Waals surface area contributed by atoms with Gasteiger partial charge in [0.1, 0.15) is 6.67 Å². The van der Waals surface area contributed by atoms with E-state index in [9.17, 15) is 10.1 Å². The summed E-state index contributed by atoms with van der Waals surface area (Å²) >= 11 is 0. The molecule has 1 aromatic heterocycles. The number of aryl methyl sites for hydroxylation is 1. The Hall–Kier alpha value is -3.02. The highest BCUT2D eigenvalue weighted by Crippen LogP contribution is 2.26. The molecule has 0 aliphatic carbocycles. The van der Waals surface area contributed by atoms with Crippen molar-refractivity contribution in [3.8, 4) is 0 Å². The van der Waals surface area contributed by atoms with Gasteiger partial charge in [-0.25, -0.2) is 0 Å². The van der Waals surface area contributed by atoms with Gasteiger partial charge in [0, 0.05) is 42.0 Å². The molecule has 0 unspecified atom stereocenters. The fraction of sp³-hybridized carbons (Fsp3) is 0.125. The molecule has 110 valence electrons. The molecule has 0 N–H and O–H groups in total. The molecule has 2 aromatic rings. The van der Waals surface area contributed by atoms with Crippen molar-refractivity contribution in [2.75, 3.05) is 11.6 Å². The van der Waals surface area contributed by atoms with Crippen LogP contribution >= 0.6 is 0 Å². The molecule has 1 aliphatic heterocycles. The lowest BCUT2D eigenvalue weighted by molar-refractivity contribution is -0.384. The number of nitrogens with zero attached hydrogens (tertiary/aromatic N) is 4. The van der Waals surface area contributed by atoms with E-state index < -0.39 is 0 Å². The van der Waals surface area contributed by atoms with Crippen LogP contribution in [0.3, 0.4) is 0 Å². The van der Waals surface area contributed by atoms with Gasteiger partial charge in [-0.05, 0) is 36.8 Å². The van der Waals surface area contributed by atoms with E-state index in [1.165, 1.54) is 6.07 Å². The molecular weight excluding hydrogens is 280 g/mol. The largest absolute Gasteiger partial charge is 0.328 e. The predicted molar refractivity (Wildman–Crippen MR) is 85.1 cm³/mol. The summed E-state index contributed by atoms with van der Waals surface area (Å²) < 4.78 is 0. The van der Waals surface area contributed by atoms with Crippen molar-refractivity contribution in [3.63, 3.8) is 0 Å². The van der Waals surface area contributed by atoms with Crippen molar-refractivity contribution in [1.29, 1.82) is 0 Å². The molecule has 0 saturated carbocycles. The van der Waals surface area contributed by atoms with Gasteiger partial charge in [-0.3, -0.25) is 20.1 Å². The van der Waals surface area contributed by atoms with Crippen LogP contribution in [0.4, 0.5) is 11.4 Å². The van der Waals surface area contributed by atoms with Gasteiger partial charge in [-0.1, -0.05) is 0 Å². The first kappa shape index (κ1) is 13.9. The van der Waals surface area contributed by atoms with Crippen LogP contribution in [-0.2, 0) is 0 Å². The smallest absolute Gasteiger partial charge is 0.269 e. The highest BCUT2D eigenvalue weighted by atomic mass is 16.6. The Morgan fingerprint density at radius 2 is 2.18 bits per heavy atom. The Kier molecular flexibility index (Phi) is 3.65. The van der Waals surface area contributed by atoms with Crippen LogP contribution in [0.1, 0.15) is 11.1 Å². The summed E-state index contributed by atoms with van der Waals surface area (Å²) in [6, 6.07) is 8.67. The average molecular weight is 294 g/mol. The SMILES string of the molecule is Cc1cc([N+](=O)[O-])ccc1N1C=CC(c2cccnc2)=NC1. The summed E-state index contributed by atoms with van der Waals surface area (Å²) in [7, 11) is 0. The van der Waals surface area contributed by atoms with Gasteiger partial charge in [0.05, 0.1) is 10.6 Å². The Balaban J connectivity index is 1.81. The molecule has 2 heterocycles. The number of nitro benzene ring substituents is 1. The number of non-ortho nitro benzene ring substituents is 1. The Morgan fingerprint density at radius 3 is 2.77 bits per heavy atom. The lowest BCUT2D eigenvalue weighted by Crippen LogP contribution is -2.22. The van der Waals surface area contributed by atoms with Crippen LogP contribution in [0.15, 0.2) is 60.0 Å². The first-order valence-electron chi connectivity index (χ1n) is 6.80. The van der Waals surface area contributed by atoms with Crippen molar-refractivity contribution >= 4 is 17.1 Å². The first-order chi connectivity index (χ1) is 10.6. The van der Waals surface area contributed by atoms with Gasteiger partial charge in [0.2, 0.25) is 0 Å². The topological polar surface area (TPSA) is 71.6 Å². The van der Waals surface area contributed by atoms with Crippen molar-refractivity contribution in [2.45, 2.75) is 6.92 Å². The van der Waals surface area contributed by atoms with Crippen LogP contribution in [0.2, 0.25) is 0 Å². The van der Waals surface area contributed by atoms with Crippen molar-refractivity contribution in [1.82, 2.24) is 4.98 Å². The molecule has 6 nitrogen and oxygen atoms in total. The first-order valence-corrected chi connectivity index (χ1v) is 6.80. The number of allylic oxidation sites excluding steroid dienone is 1. The van der Waals surface area contributed by atoms with Crippen LogP contribution in [0, 0.1) is 17.0 Å². The second-order valence-corrected chi connectivity index (χ2v) is 4.94. The molecule has 22 heavy (non-hydrogen) atoms. The van der Waals surface area contributed by atoms with Crippen LogP contribution < -0.4 is 4.90 Å². The van der Waals surface area contributed by atoms with Crippen LogP contribution in [0.5, 0.6) is 0 Å². The number of aliphatic imine (C=N–C) groups is 1. The summed E-state index contributed by atoms with van der Waals surface area (Å²) in [4.78, 5) is 21.0. The van der Waals surface area contributed by atoms with Gasteiger partial charge in [-0.15, -0.1) is 0 Å². The third-order valence-corrected chi connectivity index (χ3v) is 3.46. The normalized spacial score (nSPS) is 13.9. The van der Waals surface area contributed by atoms with E-state index in [-0.39, 0.29) is 10.6 Å². The summed E-state index contributed by atoms with van der Waals surface area (Å²) in [5, 5.41) is 10.8. The van der Waals surface area contributed by atoms with E-state index in [1.807, 2.05) is 36.2 Å². The molecule has 3 rings (SSSR count). The quantitative estimate of drug-likeness (QED) is 0.644. The molecule has 0 atom stereocenters. The van der Waals surface area contributed by atoms with Gasteiger partial charge >= 0.3 is 0 Å². The van der Waals surface area contributed by atoms with Gasteiger partial charge in [-0.2, -0.15) is 0 Å². The number of hydrogen-bond acceptors (Lipinski definition) is 5. The number of pyridine rings is 1. The zero-order valence-electron chi connectivity index (χ0n) is 12.0. The Bertz CT molecular complexity index is 769. The number of aromatic nitrogens is 1. The summed E-state index contributed by atoms with van der Waals surface area (Å²) in [5.74, 6) is 0. The molecule has 1 aromatic carbocycles. The molecule has 1 aliphatic rings. The van der Waals surface area contributed by atoms with E-state index in [2.05, 4.69) is 9.98 Å². The minimum absolute atomic E-state index is 0.0989. The molecule has 0 radical (unpaired) electrons. The minimum Gasteiger partial charge on any atom is -0.328 e. The maximum atomic E-state index is 10.8. The second-order valence-electron chi connectivity index (χ2n) is 4.94. The number of nitro groups is 1. The summed E-state index contributed by atoms with van der Waals surface area (Å²) in [6.07, 6.45) is 7.35. The maximum absolute atomic E-state index is 10.8. The van der Waals surface area contributed by atoms with Gasteiger partial charge < -0.3 is 4.90 Å². The molecule has 0 bridgehead atoms. The molecular formula is C16H14N4O2. The number of benzene rings is 1. The standard InChI is InChI=1S/C16H14N4O2/c1-12-9-14(20(21)22)4-5-16(12)19-8-6-15(18-11-19)13-3-2-7-17-10-13/h2-10H,11H2,1H3. The number of anilines is 1. The van der Waals surface area contributed by atoms with E-state index in [0.29, 0.717) is 6.67 Å². The molecule has 6 heteroatoms. The van der Waals surface area contributed by atoms with Crippen LogP contribution in [0.25, 0.3) is 0 Å². The highest BCUT2D eigenvalue weighted by Gasteiger charge is 2.14. The highest BCUT2D eigenvalue weighted by molar-refractivity contribution is 6.09. The van der Waals surface area contributed by atoms with Gasteiger partial charge in [0.25, 0.3) is 5.69 Å². The lowest BCUT2D eigenvalue weighted by atomic mass is 10.1. The van der Waals surface area contributed by atoms with Gasteiger partial charge in [0.15, 0.2) is 0 Å². The fourth-order valence-corrected chi connectivity index (χ4v) is 2.35. The fourth-order valence-electron chi connectivity index (χ4n) is 2.35. The monoisotopic (exact) mass is 294 g/mol. The van der Waals surface area contributed by atoms with E-state index in [1.54, 1.807) is 24.5 Å². The minimum atomic E-state index is -0.387. The summed E-state index contributed by atoms with van der Waals surface area (Å²) in [5.41, 5.74) is 3.71. The van der Waals surface area contributed by atoms with E-state index in [4.69, 9.17) is 0 Å². The number of rotatable bonds is 3. The van der Waals surface area contributed by atoms with Crippen molar-refractivity contribution in [2.24, 2.45) is 4.99 Å². The molecule has 0 fully saturated rings. The van der Waals surface area contributed by atoms with Crippen LogP contribution in [-0.4, -0.2) is 22.3 Å². The third-order valence-electron chi connectivity index (χ3n) is 3.46. The Morgan fingerprint density at radius 1 is 1.32 bits per heavy atom. The van der Waals surface area contributed by atoms with Crippen molar-refractivity contribution < 1.29 is 4.92 Å². The zero-order chi connectivity index (χ0) is 15.5. The maximum Gasteiger partial charge on any atom is 0.269 e. The molecule has 0 saturated heterocycles. The predicted octanol–water partition coefficient (Wildman–Crippen LogP) is 3.08. The molecule has 0 spiro atoms. The average Bonchev–Trinajstić information content (AvgIpc) is 2.56. The van der Waals surface area contributed by atoms with E-state index in [0.717, 1.165) is 22.5 Å². The Labute approximate surface area is 127 Å². The number of hydrogen-bond donors (Lipinski definition) is 0. The lowest BCUT2D eigenvalue weighted by Gasteiger charge is -2.23.